The molecular weight excluding hydrogens is 989 g/mol. The number of likely N-dealkylation sites (tertiary alicyclic amines) is 1. The highest BCUT2D eigenvalue weighted by Crippen LogP contribution is 2.21. The van der Waals surface area contributed by atoms with Crippen LogP contribution in [0.25, 0.3) is 0 Å². The molecule has 0 unspecified atom stereocenters. The molecule has 2 aromatic rings. The van der Waals surface area contributed by atoms with E-state index in [0.717, 1.165) is 0 Å². The molecule has 0 aromatic heterocycles. The molecule has 0 saturated carbocycles. The topological polar surface area (TPSA) is 438 Å². The van der Waals surface area contributed by atoms with Crippen LogP contribution in [-0.2, 0) is 65.6 Å². The lowest BCUT2D eigenvalue weighted by Gasteiger charge is -2.30. The minimum Gasteiger partial charge on any atom is -0.480 e. The second-order valence-electron chi connectivity index (χ2n) is 19.1. The van der Waals surface area contributed by atoms with Crippen LogP contribution in [0, 0.1) is 11.8 Å². The van der Waals surface area contributed by atoms with Gasteiger partial charge in [0.2, 0.25) is 59.1 Å². The number of nitrogens with two attached hydrogens (primary N) is 5. The van der Waals surface area contributed by atoms with E-state index < -0.39 is 138 Å². The third-order valence-electron chi connectivity index (χ3n) is 12.2. The first-order chi connectivity index (χ1) is 35.9. The smallest absolute Gasteiger partial charge is 0.326 e. The van der Waals surface area contributed by atoms with Crippen LogP contribution in [-0.4, -0.2) is 149 Å². The molecule has 0 spiro atoms. The van der Waals surface area contributed by atoms with E-state index >= 15 is 0 Å². The number of nitrogens with one attached hydrogen (secondary N) is 7. The van der Waals surface area contributed by atoms with Gasteiger partial charge in [0, 0.05) is 32.4 Å². The Balaban J connectivity index is 1.82. The Morgan fingerprint density at radius 2 is 1.16 bits per heavy atom. The molecule has 416 valence electrons. The van der Waals surface area contributed by atoms with Crippen molar-refractivity contribution in [1.82, 2.24) is 42.1 Å². The summed E-state index contributed by atoms with van der Waals surface area (Å²) in [4.78, 5) is 151. The number of hydrogen-bond acceptors (Lipinski definition) is 13. The largest absolute Gasteiger partial charge is 0.480 e. The fourth-order valence-corrected chi connectivity index (χ4v) is 8.13. The molecular formula is C50H74N14O12. The maximum absolute atomic E-state index is 14.3. The van der Waals surface area contributed by atoms with Crippen molar-refractivity contribution in [2.24, 2.45) is 45.5 Å². The van der Waals surface area contributed by atoms with Crippen LogP contribution in [0.1, 0.15) is 83.8 Å². The van der Waals surface area contributed by atoms with Gasteiger partial charge in [-0.2, -0.15) is 0 Å². The maximum Gasteiger partial charge on any atom is 0.326 e. The molecule has 1 heterocycles. The molecule has 18 N–H and O–H groups in total. The summed E-state index contributed by atoms with van der Waals surface area (Å²) < 4.78 is 0. The molecule has 0 radical (unpaired) electrons. The van der Waals surface area contributed by atoms with Crippen LogP contribution >= 0.6 is 0 Å². The van der Waals surface area contributed by atoms with Crippen molar-refractivity contribution in [2.45, 2.75) is 134 Å². The highest BCUT2D eigenvalue weighted by Gasteiger charge is 2.40. The van der Waals surface area contributed by atoms with Crippen molar-refractivity contribution in [3.05, 3.63) is 71.8 Å². The van der Waals surface area contributed by atoms with Gasteiger partial charge in [-0.25, -0.2) is 4.79 Å². The predicted octanol–water partition coefficient (Wildman–Crippen LogP) is -3.59. The van der Waals surface area contributed by atoms with E-state index in [0.29, 0.717) is 17.5 Å². The summed E-state index contributed by atoms with van der Waals surface area (Å²) in [6.07, 6.45) is -0.652. The number of guanidine groups is 1. The number of carboxylic acids is 1. The van der Waals surface area contributed by atoms with E-state index in [1.54, 1.807) is 88.4 Å². The summed E-state index contributed by atoms with van der Waals surface area (Å²) in [6.45, 7) is 5.97. The number of aliphatic imine (C=N–C) groups is 1. The minimum absolute atomic E-state index is 0.00277. The van der Waals surface area contributed by atoms with E-state index in [2.05, 4.69) is 42.2 Å². The Morgan fingerprint density at radius 1 is 0.632 bits per heavy atom. The fourth-order valence-electron chi connectivity index (χ4n) is 8.13. The standard InChI is InChI=1S/C50H74N14O12/c1-27(2)40(46(72)61-35(49(75)76)24-30-15-9-6-10-16-30)63-47(73)41(28(3)4)62-43(69)32(17-11-21-56-50(54)55)59-44(70)33(25-38(53)66)60-45(71)36-18-12-22-64(36)48(74)34(23-29-13-7-5-8-14-29)58-39(67)26-57-42(68)31(51)19-20-37(52)65/h5-10,13-16,27-28,31-36,40-41H,11-12,17-26,51H2,1-4H3,(H2,52,65)(H2,53,66)(H,57,68)(H,58,67)(H,59,70)(H,60,71)(H,61,72)(H,62,69)(H,63,73)(H,75,76)(H4,54,55,56)/t31-,32-,33-,34-,35-,36-,40-,41-/m0/s1. The Morgan fingerprint density at radius 3 is 1.68 bits per heavy atom. The number of hydrogen-bond donors (Lipinski definition) is 13. The summed E-state index contributed by atoms with van der Waals surface area (Å²) in [7, 11) is 0. The van der Waals surface area contributed by atoms with E-state index in [1.807, 2.05) is 0 Å². The van der Waals surface area contributed by atoms with Crippen LogP contribution in [0.5, 0.6) is 0 Å². The van der Waals surface area contributed by atoms with Gasteiger partial charge in [-0.3, -0.25) is 52.9 Å². The molecule has 1 fully saturated rings. The highest BCUT2D eigenvalue weighted by atomic mass is 16.4. The zero-order valence-corrected chi connectivity index (χ0v) is 43.3. The van der Waals surface area contributed by atoms with Crippen molar-refractivity contribution in [3.8, 4) is 0 Å². The first-order valence-corrected chi connectivity index (χ1v) is 25.0. The number of carboxylic acid groups (broad SMARTS) is 1. The number of benzene rings is 2. The summed E-state index contributed by atoms with van der Waals surface area (Å²) >= 11 is 0. The zero-order chi connectivity index (χ0) is 56.6. The SMILES string of the molecule is CC(C)[C@H](NC(=O)[C@H](CCCN=C(N)N)NC(=O)[C@H](CC(N)=O)NC(=O)[C@@H]1CCCN1C(=O)[C@H](Cc1ccccc1)NC(=O)CNC(=O)[C@@H](N)CCC(N)=O)C(=O)N[C@H](C(=O)N[C@@H](Cc1ccccc1)C(=O)O)C(C)C. The van der Waals surface area contributed by atoms with Gasteiger partial charge in [0.05, 0.1) is 19.0 Å². The molecule has 26 heteroatoms. The quantitative estimate of drug-likeness (QED) is 0.0197. The predicted molar refractivity (Wildman–Crippen MR) is 277 cm³/mol. The summed E-state index contributed by atoms with van der Waals surface area (Å²) in [5, 5.41) is 27.7. The molecule has 8 atom stereocenters. The first kappa shape index (κ1) is 62.1. The van der Waals surface area contributed by atoms with Gasteiger partial charge in [-0.15, -0.1) is 0 Å². The van der Waals surface area contributed by atoms with E-state index in [9.17, 15) is 57.8 Å². The number of primary amides is 2. The lowest BCUT2D eigenvalue weighted by Crippen LogP contribution is -2.61. The third-order valence-corrected chi connectivity index (χ3v) is 12.2. The van der Waals surface area contributed by atoms with E-state index in [1.165, 1.54) is 4.90 Å². The summed E-state index contributed by atoms with van der Waals surface area (Å²) in [5.41, 5.74) is 28.8. The number of carbonyl (C=O) groups excluding carboxylic acids is 10. The second kappa shape index (κ2) is 30.9. The van der Waals surface area contributed by atoms with Gasteiger partial charge in [-0.1, -0.05) is 88.4 Å². The van der Waals surface area contributed by atoms with Gasteiger partial charge in [0.15, 0.2) is 5.96 Å². The molecule has 10 amide bonds. The molecule has 26 nitrogen and oxygen atoms in total. The Kier molecular flexibility index (Phi) is 25.3. The monoisotopic (exact) mass is 1060 g/mol. The average molecular weight is 1060 g/mol. The van der Waals surface area contributed by atoms with Crippen molar-refractivity contribution in [3.63, 3.8) is 0 Å². The van der Waals surface area contributed by atoms with Crippen LogP contribution in [0.4, 0.5) is 0 Å². The molecule has 76 heavy (non-hydrogen) atoms. The van der Waals surface area contributed by atoms with Crippen molar-refractivity contribution >= 4 is 71.0 Å². The molecule has 0 bridgehead atoms. The van der Waals surface area contributed by atoms with Crippen molar-refractivity contribution in [2.75, 3.05) is 19.6 Å². The van der Waals surface area contributed by atoms with Crippen molar-refractivity contribution in [1.29, 1.82) is 0 Å². The van der Waals surface area contributed by atoms with Gasteiger partial charge in [0.25, 0.3) is 0 Å². The molecule has 3 rings (SSSR count). The van der Waals surface area contributed by atoms with Gasteiger partial charge < -0.3 is 75.9 Å². The number of rotatable bonds is 31. The summed E-state index contributed by atoms with van der Waals surface area (Å²) in [6, 6.07) is 6.60. The number of aliphatic carboxylic acids is 1. The number of nitrogens with zero attached hydrogens (tertiary/aromatic N) is 2. The second-order valence-corrected chi connectivity index (χ2v) is 19.1. The van der Waals surface area contributed by atoms with Gasteiger partial charge in [0.1, 0.15) is 42.3 Å². The lowest BCUT2D eigenvalue weighted by atomic mass is 9.98. The van der Waals surface area contributed by atoms with Crippen LogP contribution in [0.2, 0.25) is 0 Å². The third kappa shape index (κ3) is 21.0. The molecule has 1 aliphatic rings. The molecule has 1 aliphatic heterocycles. The Bertz CT molecular complexity index is 2390. The summed E-state index contributed by atoms with van der Waals surface area (Å²) in [5.74, 6) is -11.0. The van der Waals surface area contributed by atoms with Crippen LogP contribution < -0.4 is 65.9 Å². The van der Waals surface area contributed by atoms with Crippen molar-refractivity contribution < 1.29 is 57.8 Å². The number of carbonyl (C=O) groups is 11. The maximum atomic E-state index is 14.3. The Labute approximate surface area is 440 Å². The molecule has 2 aromatic carbocycles. The average Bonchev–Trinajstić information content (AvgIpc) is 3.86. The van der Waals surface area contributed by atoms with E-state index in [-0.39, 0.29) is 64.0 Å². The van der Waals surface area contributed by atoms with Crippen LogP contribution in [0.15, 0.2) is 65.7 Å². The lowest BCUT2D eigenvalue weighted by molar-refractivity contribution is -0.142. The normalized spacial score (nSPS) is 15.8. The van der Waals surface area contributed by atoms with Gasteiger partial charge >= 0.3 is 5.97 Å². The van der Waals surface area contributed by atoms with Crippen LogP contribution in [0.3, 0.4) is 0 Å². The fraction of sp³-hybridized carbons (Fsp3) is 0.520. The first-order valence-electron chi connectivity index (χ1n) is 25.0. The van der Waals surface area contributed by atoms with Gasteiger partial charge in [-0.05, 0) is 55.1 Å². The van der Waals surface area contributed by atoms with E-state index in [4.69, 9.17) is 28.7 Å². The minimum atomic E-state index is -1.70. The zero-order valence-electron chi connectivity index (χ0n) is 43.3. The Hall–Kier alpha value is -8.16. The molecule has 1 saturated heterocycles. The highest BCUT2D eigenvalue weighted by molar-refractivity contribution is 5.99. The number of amides is 10. The molecule has 0 aliphatic carbocycles.